The number of benzene rings is 1. The Hall–Kier alpha value is -1.26. The number of piperidine rings is 1. The van der Waals surface area contributed by atoms with E-state index < -0.39 is 0 Å². The Morgan fingerprint density at radius 1 is 1.26 bits per heavy atom. The number of ether oxygens (including phenoxy) is 3. The van der Waals surface area contributed by atoms with Crippen molar-refractivity contribution in [1.29, 1.82) is 0 Å². The smallest absolute Gasteiger partial charge is 0.231 e. The third-order valence-electron chi connectivity index (χ3n) is 3.99. The highest BCUT2D eigenvalue weighted by molar-refractivity contribution is 5.52. The molecule has 19 heavy (non-hydrogen) atoms. The van der Waals surface area contributed by atoms with Crippen LogP contribution in [0.4, 0.5) is 0 Å². The van der Waals surface area contributed by atoms with Crippen LogP contribution in [0, 0.1) is 5.92 Å². The zero-order chi connectivity index (χ0) is 13.1. The first kappa shape index (κ1) is 12.8. The summed E-state index contributed by atoms with van der Waals surface area (Å²) in [6.45, 7) is 3.22. The van der Waals surface area contributed by atoms with Gasteiger partial charge in [0.15, 0.2) is 11.5 Å². The van der Waals surface area contributed by atoms with E-state index in [2.05, 4.69) is 11.4 Å². The molecule has 0 atom stereocenters. The summed E-state index contributed by atoms with van der Waals surface area (Å²) in [6, 6.07) is 4.09. The van der Waals surface area contributed by atoms with Crippen LogP contribution in [0.15, 0.2) is 12.1 Å². The normalized spacial score (nSPS) is 18.8. The summed E-state index contributed by atoms with van der Waals surface area (Å²) in [7, 11) is 1.74. The van der Waals surface area contributed by atoms with Crippen LogP contribution in [-0.2, 0) is 17.8 Å². The standard InChI is InChI=1S/C15H21NO3/c1-17-9-12-2-3-14-15(19-10-18-14)13(12)8-11-4-6-16-7-5-11/h2-3,11,16H,4-10H2,1H3. The van der Waals surface area contributed by atoms with Crippen LogP contribution in [0.5, 0.6) is 11.5 Å². The molecule has 1 N–H and O–H groups in total. The Morgan fingerprint density at radius 3 is 2.89 bits per heavy atom. The Balaban J connectivity index is 1.86. The van der Waals surface area contributed by atoms with Crippen molar-refractivity contribution in [1.82, 2.24) is 5.32 Å². The second-order valence-electron chi connectivity index (χ2n) is 5.27. The highest BCUT2D eigenvalue weighted by Gasteiger charge is 2.24. The molecule has 0 aromatic heterocycles. The summed E-state index contributed by atoms with van der Waals surface area (Å²) in [4.78, 5) is 0. The molecule has 1 aromatic carbocycles. The van der Waals surface area contributed by atoms with E-state index in [1.54, 1.807) is 7.11 Å². The minimum atomic E-state index is 0.338. The lowest BCUT2D eigenvalue weighted by molar-refractivity contribution is 0.171. The molecule has 4 heteroatoms. The van der Waals surface area contributed by atoms with Gasteiger partial charge in [-0.25, -0.2) is 0 Å². The molecule has 2 heterocycles. The van der Waals surface area contributed by atoms with E-state index >= 15 is 0 Å². The molecule has 0 unspecified atom stereocenters. The summed E-state index contributed by atoms with van der Waals surface area (Å²) in [5, 5.41) is 3.41. The van der Waals surface area contributed by atoms with E-state index in [0.29, 0.717) is 13.4 Å². The first-order chi connectivity index (χ1) is 9.38. The van der Waals surface area contributed by atoms with Crippen molar-refractivity contribution < 1.29 is 14.2 Å². The van der Waals surface area contributed by atoms with Crippen LogP contribution in [0.1, 0.15) is 24.0 Å². The fraction of sp³-hybridized carbons (Fsp3) is 0.600. The molecular weight excluding hydrogens is 242 g/mol. The molecule has 4 nitrogen and oxygen atoms in total. The number of fused-ring (bicyclic) bond motifs is 1. The SMILES string of the molecule is COCc1ccc2c(c1CC1CCNCC1)OCO2. The first-order valence-electron chi connectivity index (χ1n) is 6.98. The van der Waals surface area contributed by atoms with Gasteiger partial charge in [0.25, 0.3) is 0 Å². The predicted molar refractivity (Wildman–Crippen MR) is 72.6 cm³/mol. The van der Waals surface area contributed by atoms with Gasteiger partial charge in [-0.3, -0.25) is 0 Å². The van der Waals surface area contributed by atoms with Crippen LogP contribution in [0.25, 0.3) is 0 Å². The van der Waals surface area contributed by atoms with Crippen LogP contribution in [0.2, 0.25) is 0 Å². The third-order valence-corrected chi connectivity index (χ3v) is 3.99. The monoisotopic (exact) mass is 263 g/mol. The maximum atomic E-state index is 5.66. The van der Waals surface area contributed by atoms with Crippen LogP contribution >= 0.6 is 0 Å². The summed E-state index contributed by atoms with van der Waals surface area (Å²) >= 11 is 0. The van der Waals surface area contributed by atoms with E-state index in [9.17, 15) is 0 Å². The number of nitrogens with one attached hydrogen (secondary N) is 1. The number of rotatable bonds is 4. The van der Waals surface area contributed by atoms with Gasteiger partial charge in [0.1, 0.15) is 0 Å². The Bertz CT molecular complexity index is 441. The molecule has 2 aliphatic heterocycles. The van der Waals surface area contributed by atoms with Gasteiger partial charge < -0.3 is 19.5 Å². The van der Waals surface area contributed by atoms with Crippen molar-refractivity contribution in [3.8, 4) is 11.5 Å². The molecule has 0 amide bonds. The second-order valence-corrected chi connectivity index (χ2v) is 5.27. The van der Waals surface area contributed by atoms with Gasteiger partial charge in [-0.05, 0) is 49.9 Å². The van der Waals surface area contributed by atoms with Crippen LogP contribution < -0.4 is 14.8 Å². The average molecular weight is 263 g/mol. The molecular formula is C15H21NO3. The van der Waals surface area contributed by atoms with Gasteiger partial charge in [0, 0.05) is 12.7 Å². The Kier molecular flexibility index (Phi) is 3.89. The quantitative estimate of drug-likeness (QED) is 0.903. The molecule has 0 aliphatic carbocycles. The molecule has 3 rings (SSSR count). The van der Waals surface area contributed by atoms with E-state index in [0.717, 1.165) is 36.9 Å². The Morgan fingerprint density at radius 2 is 2.11 bits per heavy atom. The van der Waals surface area contributed by atoms with E-state index in [-0.39, 0.29) is 0 Å². The highest BCUT2D eigenvalue weighted by atomic mass is 16.7. The third kappa shape index (κ3) is 2.69. The minimum Gasteiger partial charge on any atom is -0.454 e. The number of hydrogen-bond donors (Lipinski definition) is 1. The fourth-order valence-electron chi connectivity index (χ4n) is 2.96. The van der Waals surface area contributed by atoms with Gasteiger partial charge in [-0.2, -0.15) is 0 Å². The first-order valence-corrected chi connectivity index (χ1v) is 6.98. The van der Waals surface area contributed by atoms with Gasteiger partial charge in [0.2, 0.25) is 6.79 Å². The van der Waals surface area contributed by atoms with E-state index in [1.165, 1.54) is 24.0 Å². The molecule has 1 fully saturated rings. The van der Waals surface area contributed by atoms with Gasteiger partial charge >= 0.3 is 0 Å². The lowest BCUT2D eigenvalue weighted by Crippen LogP contribution is -2.28. The topological polar surface area (TPSA) is 39.7 Å². The summed E-state index contributed by atoms with van der Waals surface area (Å²) in [5.74, 6) is 2.55. The maximum Gasteiger partial charge on any atom is 0.231 e. The zero-order valence-electron chi connectivity index (χ0n) is 11.4. The van der Waals surface area contributed by atoms with E-state index in [1.807, 2.05) is 6.07 Å². The van der Waals surface area contributed by atoms with Crippen molar-refractivity contribution in [2.45, 2.75) is 25.9 Å². The second kappa shape index (κ2) is 5.80. The largest absolute Gasteiger partial charge is 0.454 e. The zero-order valence-corrected chi connectivity index (χ0v) is 11.4. The van der Waals surface area contributed by atoms with Crippen molar-refractivity contribution >= 4 is 0 Å². The molecule has 1 saturated heterocycles. The maximum absolute atomic E-state index is 5.66. The summed E-state index contributed by atoms with van der Waals surface area (Å²) in [6.07, 6.45) is 3.53. The lowest BCUT2D eigenvalue weighted by atomic mass is 9.88. The number of hydrogen-bond acceptors (Lipinski definition) is 4. The van der Waals surface area contributed by atoms with Crippen LogP contribution in [-0.4, -0.2) is 27.0 Å². The molecule has 0 spiro atoms. The minimum absolute atomic E-state index is 0.338. The van der Waals surface area contributed by atoms with Crippen molar-refractivity contribution in [2.24, 2.45) is 5.92 Å². The summed E-state index contributed by atoms with van der Waals surface area (Å²) in [5.41, 5.74) is 2.51. The van der Waals surface area contributed by atoms with Gasteiger partial charge in [0.05, 0.1) is 6.61 Å². The average Bonchev–Trinajstić information content (AvgIpc) is 2.91. The molecule has 104 valence electrons. The van der Waals surface area contributed by atoms with Crippen molar-refractivity contribution in [3.05, 3.63) is 23.3 Å². The highest BCUT2D eigenvalue weighted by Crippen LogP contribution is 2.39. The fourth-order valence-corrected chi connectivity index (χ4v) is 2.96. The summed E-state index contributed by atoms with van der Waals surface area (Å²) < 4.78 is 16.5. The van der Waals surface area contributed by atoms with Crippen LogP contribution in [0.3, 0.4) is 0 Å². The predicted octanol–water partition coefficient (Wildman–Crippen LogP) is 2.10. The molecule has 2 aliphatic rings. The number of methoxy groups -OCH3 is 1. The van der Waals surface area contributed by atoms with Gasteiger partial charge in [-0.1, -0.05) is 6.07 Å². The van der Waals surface area contributed by atoms with Crippen molar-refractivity contribution in [2.75, 3.05) is 27.0 Å². The molecule has 1 aromatic rings. The molecule has 0 radical (unpaired) electrons. The van der Waals surface area contributed by atoms with E-state index in [4.69, 9.17) is 14.2 Å². The Labute approximate surface area is 114 Å². The van der Waals surface area contributed by atoms with Crippen molar-refractivity contribution in [3.63, 3.8) is 0 Å². The molecule has 0 saturated carbocycles. The lowest BCUT2D eigenvalue weighted by Gasteiger charge is -2.24. The van der Waals surface area contributed by atoms with Gasteiger partial charge in [-0.15, -0.1) is 0 Å². The molecule has 0 bridgehead atoms.